The number of hydrogen-bond donors (Lipinski definition) is 1. The second kappa shape index (κ2) is 3.78. The zero-order valence-electron chi connectivity index (χ0n) is 7.90. The van der Waals surface area contributed by atoms with E-state index in [0.717, 1.165) is 24.8 Å². The molecule has 0 spiro atoms. The predicted molar refractivity (Wildman–Crippen MR) is 48.2 cm³/mol. The van der Waals surface area contributed by atoms with Crippen LogP contribution in [0.1, 0.15) is 26.2 Å². The van der Waals surface area contributed by atoms with Crippen LogP contribution in [0, 0.1) is 0 Å². The van der Waals surface area contributed by atoms with Crippen molar-refractivity contribution < 1.29 is 14.6 Å². The van der Waals surface area contributed by atoms with Gasteiger partial charge in [-0.1, -0.05) is 13.3 Å². The van der Waals surface area contributed by atoms with Gasteiger partial charge in [-0.05, 0) is 24.5 Å². The van der Waals surface area contributed by atoms with E-state index in [2.05, 4.69) is 6.92 Å². The Morgan fingerprint density at radius 3 is 3.23 bits per heavy atom. The Morgan fingerprint density at radius 2 is 2.46 bits per heavy atom. The number of fused-ring (bicyclic) bond motifs is 2. The summed E-state index contributed by atoms with van der Waals surface area (Å²) in [6.07, 6.45) is 4.41. The SMILES string of the molecule is CCCCC1=C[C@H](O)[C@H]2CO[C@@H]1O2. The minimum absolute atomic E-state index is 0.129. The van der Waals surface area contributed by atoms with Gasteiger partial charge in [0, 0.05) is 0 Å². The second-order valence-corrected chi connectivity index (χ2v) is 3.68. The molecule has 2 bridgehead atoms. The van der Waals surface area contributed by atoms with Crippen molar-refractivity contribution in [3.63, 3.8) is 0 Å². The molecule has 0 aromatic heterocycles. The van der Waals surface area contributed by atoms with Gasteiger partial charge in [0.05, 0.1) is 6.61 Å². The Hall–Kier alpha value is -0.380. The second-order valence-electron chi connectivity index (χ2n) is 3.68. The van der Waals surface area contributed by atoms with Crippen LogP contribution in [0.3, 0.4) is 0 Å². The number of hydrogen-bond acceptors (Lipinski definition) is 3. The van der Waals surface area contributed by atoms with E-state index in [1.807, 2.05) is 6.08 Å². The van der Waals surface area contributed by atoms with Crippen LogP contribution >= 0.6 is 0 Å². The van der Waals surface area contributed by atoms with E-state index >= 15 is 0 Å². The lowest BCUT2D eigenvalue weighted by molar-refractivity contribution is -0.0634. The molecule has 74 valence electrons. The van der Waals surface area contributed by atoms with Crippen molar-refractivity contribution in [2.45, 2.75) is 44.7 Å². The first-order chi connectivity index (χ1) is 6.31. The lowest BCUT2D eigenvalue weighted by Gasteiger charge is -2.23. The van der Waals surface area contributed by atoms with Gasteiger partial charge < -0.3 is 14.6 Å². The molecule has 2 heterocycles. The van der Waals surface area contributed by atoms with Gasteiger partial charge in [0.1, 0.15) is 12.2 Å². The van der Waals surface area contributed by atoms with Crippen molar-refractivity contribution in [3.8, 4) is 0 Å². The van der Waals surface area contributed by atoms with Crippen molar-refractivity contribution in [1.82, 2.24) is 0 Å². The predicted octanol–water partition coefficient (Wildman–Crippen LogP) is 1.22. The first-order valence-electron chi connectivity index (χ1n) is 4.97. The number of rotatable bonds is 3. The molecule has 1 N–H and O–H groups in total. The maximum absolute atomic E-state index is 9.58. The van der Waals surface area contributed by atoms with E-state index in [1.165, 1.54) is 0 Å². The molecule has 3 nitrogen and oxygen atoms in total. The molecule has 0 saturated carbocycles. The summed E-state index contributed by atoms with van der Waals surface area (Å²) in [7, 11) is 0. The molecule has 0 radical (unpaired) electrons. The third-order valence-corrected chi connectivity index (χ3v) is 2.60. The lowest BCUT2D eigenvalue weighted by Crippen LogP contribution is -2.31. The van der Waals surface area contributed by atoms with Gasteiger partial charge in [-0.25, -0.2) is 0 Å². The van der Waals surface area contributed by atoms with Crippen LogP contribution in [0.2, 0.25) is 0 Å². The molecule has 0 aliphatic carbocycles. The molecule has 2 aliphatic rings. The van der Waals surface area contributed by atoms with Crippen molar-refractivity contribution in [1.29, 1.82) is 0 Å². The molecule has 3 heteroatoms. The van der Waals surface area contributed by atoms with Crippen molar-refractivity contribution in [2.75, 3.05) is 6.61 Å². The van der Waals surface area contributed by atoms with E-state index in [4.69, 9.17) is 9.47 Å². The average Bonchev–Trinajstić information content (AvgIpc) is 2.55. The quantitative estimate of drug-likeness (QED) is 0.670. The number of aliphatic hydroxyl groups is 1. The summed E-state index contributed by atoms with van der Waals surface area (Å²) in [6.45, 7) is 2.68. The molecule has 13 heavy (non-hydrogen) atoms. The zero-order valence-corrected chi connectivity index (χ0v) is 7.90. The normalized spacial score (nSPS) is 37.7. The van der Waals surface area contributed by atoms with Crippen LogP contribution in [0.25, 0.3) is 0 Å². The van der Waals surface area contributed by atoms with E-state index in [1.54, 1.807) is 0 Å². The molecule has 0 aromatic rings. The Kier molecular flexibility index (Phi) is 2.67. The van der Waals surface area contributed by atoms with Crippen LogP contribution in [0.5, 0.6) is 0 Å². The Bertz CT molecular complexity index is 212. The van der Waals surface area contributed by atoms with E-state index in [-0.39, 0.29) is 12.4 Å². The molecular weight excluding hydrogens is 168 g/mol. The standard InChI is InChI=1S/C10H16O3/c1-2-3-4-7-5-8(11)9-6-12-10(7)13-9/h5,8-11H,2-4,6H2,1H3/t8-,9+,10+/m0/s1. The summed E-state index contributed by atoms with van der Waals surface area (Å²) < 4.78 is 10.9. The van der Waals surface area contributed by atoms with E-state index in [9.17, 15) is 5.11 Å². The third-order valence-electron chi connectivity index (χ3n) is 2.60. The van der Waals surface area contributed by atoms with Crippen LogP contribution < -0.4 is 0 Å². The highest BCUT2D eigenvalue weighted by Gasteiger charge is 2.37. The van der Waals surface area contributed by atoms with Gasteiger partial charge in [0.15, 0.2) is 6.29 Å². The Labute approximate surface area is 78.3 Å². The first-order valence-corrected chi connectivity index (χ1v) is 4.97. The molecule has 1 fully saturated rings. The van der Waals surface area contributed by atoms with Crippen LogP contribution in [0.15, 0.2) is 11.6 Å². The van der Waals surface area contributed by atoms with Gasteiger partial charge in [-0.15, -0.1) is 0 Å². The van der Waals surface area contributed by atoms with Gasteiger partial charge in [0.25, 0.3) is 0 Å². The number of unbranched alkanes of at least 4 members (excludes halogenated alkanes) is 1. The molecule has 1 saturated heterocycles. The molecular formula is C10H16O3. The minimum atomic E-state index is -0.467. The third kappa shape index (κ3) is 1.77. The summed E-state index contributed by atoms with van der Waals surface area (Å²) in [5.74, 6) is 0. The van der Waals surface area contributed by atoms with Crippen LogP contribution in [-0.4, -0.2) is 30.2 Å². The van der Waals surface area contributed by atoms with Crippen molar-refractivity contribution >= 4 is 0 Å². The zero-order chi connectivity index (χ0) is 9.26. The van der Waals surface area contributed by atoms with Crippen LogP contribution in [0.4, 0.5) is 0 Å². The highest BCUT2D eigenvalue weighted by Crippen LogP contribution is 2.29. The highest BCUT2D eigenvalue weighted by molar-refractivity contribution is 5.15. The monoisotopic (exact) mass is 184 g/mol. The van der Waals surface area contributed by atoms with Crippen molar-refractivity contribution in [3.05, 3.63) is 11.6 Å². The summed E-state index contributed by atoms with van der Waals surface area (Å²) in [4.78, 5) is 0. The fourth-order valence-corrected chi connectivity index (χ4v) is 1.78. The fraction of sp³-hybridized carbons (Fsp3) is 0.800. The summed E-state index contributed by atoms with van der Waals surface area (Å²) in [6, 6.07) is 0. The number of aliphatic hydroxyl groups excluding tert-OH is 1. The molecule has 0 unspecified atom stereocenters. The van der Waals surface area contributed by atoms with Gasteiger partial charge >= 0.3 is 0 Å². The number of ether oxygens (including phenoxy) is 2. The average molecular weight is 184 g/mol. The Morgan fingerprint density at radius 1 is 1.62 bits per heavy atom. The topological polar surface area (TPSA) is 38.7 Å². The first kappa shape index (κ1) is 9.19. The molecule has 3 atom stereocenters. The molecule has 2 aliphatic heterocycles. The van der Waals surface area contributed by atoms with Crippen LogP contribution in [-0.2, 0) is 9.47 Å². The van der Waals surface area contributed by atoms with E-state index in [0.29, 0.717) is 6.61 Å². The smallest absolute Gasteiger partial charge is 0.180 e. The minimum Gasteiger partial charge on any atom is -0.386 e. The lowest BCUT2D eigenvalue weighted by atomic mass is 10.0. The van der Waals surface area contributed by atoms with Crippen molar-refractivity contribution in [2.24, 2.45) is 0 Å². The summed E-state index contributed by atoms with van der Waals surface area (Å²) >= 11 is 0. The summed E-state index contributed by atoms with van der Waals surface area (Å²) in [5.41, 5.74) is 1.11. The molecule has 2 rings (SSSR count). The van der Waals surface area contributed by atoms with Gasteiger partial charge in [-0.3, -0.25) is 0 Å². The Balaban J connectivity index is 2.00. The maximum Gasteiger partial charge on any atom is 0.180 e. The fourth-order valence-electron chi connectivity index (χ4n) is 1.78. The van der Waals surface area contributed by atoms with E-state index < -0.39 is 6.10 Å². The maximum atomic E-state index is 9.58. The largest absolute Gasteiger partial charge is 0.386 e. The molecule has 0 aromatic carbocycles. The highest BCUT2D eigenvalue weighted by atomic mass is 16.7. The van der Waals surface area contributed by atoms with Gasteiger partial charge in [-0.2, -0.15) is 0 Å². The summed E-state index contributed by atoms with van der Waals surface area (Å²) in [5, 5.41) is 9.58. The van der Waals surface area contributed by atoms with Gasteiger partial charge in [0.2, 0.25) is 0 Å². The molecule has 0 amide bonds.